The maximum absolute atomic E-state index is 12.6. The SMILES string of the molecule is O=C(NCc1ccccc1Cl)c1nc2ccc(N3CCOCC3)cn2c(=O)c1O. The molecule has 0 unspecified atom stereocenters. The molecule has 1 aliphatic rings. The third-order valence-electron chi connectivity index (χ3n) is 4.77. The lowest BCUT2D eigenvalue weighted by molar-refractivity contribution is 0.0942. The van der Waals surface area contributed by atoms with Gasteiger partial charge in [-0.3, -0.25) is 14.0 Å². The number of rotatable bonds is 4. The van der Waals surface area contributed by atoms with Crippen LogP contribution in [0.5, 0.6) is 5.75 Å². The Labute approximate surface area is 171 Å². The Morgan fingerprint density at radius 2 is 1.97 bits per heavy atom. The lowest BCUT2D eigenvalue weighted by atomic mass is 10.2. The first-order chi connectivity index (χ1) is 14.0. The topological polar surface area (TPSA) is 96.2 Å². The number of carbonyl (C=O) groups is 1. The van der Waals surface area contributed by atoms with E-state index in [0.29, 0.717) is 31.3 Å². The first kappa shape index (κ1) is 19.2. The van der Waals surface area contributed by atoms with Crippen molar-refractivity contribution in [3.63, 3.8) is 0 Å². The number of amides is 1. The molecule has 2 N–H and O–H groups in total. The molecule has 4 rings (SSSR count). The molecule has 9 heteroatoms. The van der Waals surface area contributed by atoms with Crippen LogP contribution in [0.3, 0.4) is 0 Å². The van der Waals surface area contributed by atoms with Gasteiger partial charge in [0.15, 0.2) is 5.69 Å². The molecular weight excluding hydrogens is 396 g/mol. The van der Waals surface area contributed by atoms with E-state index in [2.05, 4.69) is 15.2 Å². The van der Waals surface area contributed by atoms with E-state index in [-0.39, 0.29) is 17.9 Å². The Balaban J connectivity index is 1.61. The minimum atomic E-state index is -0.701. The smallest absolute Gasteiger partial charge is 0.300 e. The zero-order valence-electron chi connectivity index (χ0n) is 15.5. The number of aromatic nitrogens is 2. The van der Waals surface area contributed by atoms with Crippen LogP contribution in [0.1, 0.15) is 16.1 Å². The van der Waals surface area contributed by atoms with Gasteiger partial charge in [0.2, 0.25) is 5.75 Å². The lowest BCUT2D eigenvalue weighted by Crippen LogP contribution is -2.36. The molecule has 29 heavy (non-hydrogen) atoms. The van der Waals surface area contributed by atoms with Crippen LogP contribution in [0.15, 0.2) is 47.4 Å². The molecule has 1 aliphatic heterocycles. The average molecular weight is 415 g/mol. The minimum absolute atomic E-state index is 0.148. The van der Waals surface area contributed by atoms with E-state index in [0.717, 1.165) is 11.3 Å². The minimum Gasteiger partial charge on any atom is -0.501 e. The highest BCUT2D eigenvalue weighted by atomic mass is 35.5. The van der Waals surface area contributed by atoms with E-state index in [1.807, 2.05) is 6.07 Å². The molecule has 3 aromatic rings. The van der Waals surface area contributed by atoms with E-state index in [9.17, 15) is 14.7 Å². The molecule has 1 amide bonds. The van der Waals surface area contributed by atoms with Gasteiger partial charge in [-0.25, -0.2) is 4.98 Å². The van der Waals surface area contributed by atoms with Crippen molar-refractivity contribution in [3.05, 3.63) is 69.2 Å². The number of nitrogens with zero attached hydrogens (tertiary/aromatic N) is 3. The fraction of sp³-hybridized carbons (Fsp3) is 0.250. The normalized spacial score (nSPS) is 14.2. The number of benzene rings is 1. The van der Waals surface area contributed by atoms with Crippen molar-refractivity contribution in [3.8, 4) is 5.75 Å². The number of pyridine rings is 1. The number of fused-ring (bicyclic) bond motifs is 1. The second-order valence-electron chi connectivity index (χ2n) is 6.60. The Hall–Kier alpha value is -3.10. The van der Waals surface area contributed by atoms with Crippen molar-refractivity contribution in [2.75, 3.05) is 31.2 Å². The van der Waals surface area contributed by atoms with Crippen LogP contribution >= 0.6 is 11.6 Å². The molecule has 1 aromatic carbocycles. The predicted octanol–water partition coefficient (Wildman–Crippen LogP) is 1.82. The van der Waals surface area contributed by atoms with Gasteiger partial charge in [0.25, 0.3) is 5.91 Å². The molecule has 1 saturated heterocycles. The lowest BCUT2D eigenvalue weighted by Gasteiger charge is -2.28. The standard InChI is InChI=1S/C20H19ClN4O4/c21-15-4-2-1-3-13(15)11-22-19(27)17-18(26)20(28)25-12-14(5-6-16(25)23-17)24-7-9-29-10-8-24/h1-6,12,26H,7-11H2,(H,22,27). The number of anilines is 1. The monoisotopic (exact) mass is 414 g/mol. The highest BCUT2D eigenvalue weighted by molar-refractivity contribution is 6.31. The van der Waals surface area contributed by atoms with Crippen LogP contribution in [0.2, 0.25) is 5.02 Å². The highest BCUT2D eigenvalue weighted by Gasteiger charge is 2.20. The van der Waals surface area contributed by atoms with E-state index < -0.39 is 17.2 Å². The zero-order valence-corrected chi connectivity index (χ0v) is 16.2. The largest absolute Gasteiger partial charge is 0.501 e. The van der Waals surface area contributed by atoms with Crippen LogP contribution < -0.4 is 15.8 Å². The summed E-state index contributed by atoms with van der Waals surface area (Å²) < 4.78 is 6.58. The number of hydrogen-bond donors (Lipinski definition) is 2. The summed E-state index contributed by atoms with van der Waals surface area (Å²) in [5, 5.41) is 13.5. The second-order valence-corrected chi connectivity index (χ2v) is 7.01. The molecule has 8 nitrogen and oxygen atoms in total. The number of aromatic hydroxyl groups is 1. The summed E-state index contributed by atoms with van der Waals surface area (Å²) in [6, 6.07) is 10.6. The number of hydrogen-bond acceptors (Lipinski definition) is 6. The Morgan fingerprint density at radius 1 is 1.21 bits per heavy atom. The molecule has 2 aromatic heterocycles. The summed E-state index contributed by atoms with van der Waals surface area (Å²) in [5.74, 6) is -1.35. The Morgan fingerprint density at radius 3 is 2.72 bits per heavy atom. The Bertz CT molecular complexity index is 1130. The van der Waals surface area contributed by atoms with E-state index in [1.54, 1.807) is 36.5 Å². The van der Waals surface area contributed by atoms with Gasteiger partial charge >= 0.3 is 5.56 Å². The van der Waals surface area contributed by atoms with Gasteiger partial charge < -0.3 is 20.1 Å². The first-order valence-corrected chi connectivity index (χ1v) is 9.52. The van der Waals surface area contributed by atoms with Gasteiger partial charge in [-0.2, -0.15) is 0 Å². The predicted molar refractivity (Wildman–Crippen MR) is 109 cm³/mol. The quantitative estimate of drug-likeness (QED) is 0.676. The van der Waals surface area contributed by atoms with Crippen molar-refractivity contribution in [1.29, 1.82) is 0 Å². The molecule has 0 spiro atoms. The molecule has 0 saturated carbocycles. The summed E-state index contributed by atoms with van der Waals surface area (Å²) in [7, 11) is 0. The summed E-state index contributed by atoms with van der Waals surface area (Å²) in [4.78, 5) is 31.4. The van der Waals surface area contributed by atoms with Gasteiger partial charge in [-0.1, -0.05) is 29.8 Å². The van der Waals surface area contributed by atoms with E-state index in [4.69, 9.17) is 16.3 Å². The van der Waals surface area contributed by atoms with Crippen molar-refractivity contribution >= 4 is 28.8 Å². The van der Waals surface area contributed by atoms with E-state index >= 15 is 0 Å². The molecule has 0 radical (unpaired) electrons. The Kier molecular flexibility index (Phi) is 5.37. The van der Waals surface area contributed by atoms with Gasteiger partial charge in [-0.15, -0.1) is 0 Å². The van der Waals surface area contributed by atoms with Crippen molar-refractivity contribution in [1.82, 2.24) is 14.7 Å². The van der Waals surface area contributed by atoms with Gasteiger partial charge in [-0.05, 0) is 23.8 Å². The van der Waals surface area contributed by atoms with Crippen LogP contribution in [0.25, 0.3) is 5.65 Å². The number of ether oxygens (including phenoxy) is 1. The number of nitrogens with one attached hydrogen (secondary N) is 1. The molecular formula is C20H19ClN4O4. The fourth-order valence-corrected chi connectivity index (χ4v) is 3.39. The average Bonchev–Trinajstić information content (AvgIpc) is 2.76. The van der Waals surface area contributed by atoms with Crippen LogP contribution in [0.4, 0.5) is 5.69 Å². The van der Waals surface area contributed by atoms with Crippen molar-refractivity contribution in [2.24, 2.45) is 0 Å². The maximum atomic E-state index is 12.6. The molecule has 3 heterocycles. The van der Waals surface area contributed by atoms with Gasteiger partial charge in [0, 0.05) is 30.9 Å². The van der Waals surface area contributed by atoms with Gasteiger partial charge in [0.05, 0.1) is 18.9 Å². The first-order valence-electron chi connectivity index (χ1n) is 9.14. The summed E-state index contributed by atoms with van der Waals surface area (Å²) in [5.41, 5.74) is 0.788. The number of carbonyl (C=O) groups excluding carboxylic acids is 1. The highest BCUT2D eigenvalue weighted by Crippen LogP contribution is 2.19. The number of halogens is 1. The zero-order chi connectivity index (χ0) is 20.4. The summed E-state index contributed by atoms with van der Waals surface area (Å²) in [6.45, 7) is 2.79. The maximum Gasteiger partial charge on any atom is 0.300 e. The second kappa shape index (κ2) is 8.10. The summed E-state index contributed by atoms with van der Waals surface area (Å²) in [6.07, 6.45) is 1.61. The van der Waals surface area contributed by atoms with Crippen molar-refractivity contribution in [2.45, 2.75) is 6.54 Å². The van der Waals surface area contributed by atoms with Crippen LogP contribution in [0, 0.1) is 0 Å². The molecule has 0 atom stereocenters. The summed E-state index contributed by atoms with van der Waals surface area (Å²) >= 11 is 6.09. The van der Waals surface area contributed by atoms with Crippen molar-refractivity contribution < 1.29 is 14.6 Å². The van der Waals surface area contributed by atoms with Crippen LogP contribution in [-0.4, -0.2) is 46.7 Å². The molecule has 0 bridgehead atoms. The van der Waals surface area contributed by atoms with Crippen LogP contribution in [-0.2, 0) is 11.3 Å². The fourth-order valence-electron chi connectivity index (χ4n) is 3.19. The third-order valence-corrected chi connectivity index (χ3v) is 5.14. The van der Waals surface area contributed by atoms with Gasteiger partial charge in [0.1, 0.15) is 5.65 Å². The molecule has 0 aliphatic carbocycles. The van der Waals surface area contributed by atoms with E-state index in [1.165, 1.54) is 4.40 Å². The molecule has 150 valence electrons. The number of morpholine rings is 1. The molecule has 1 fully saturated rings. The third kappa shape index (κ3) is 3.90.